The normalized spacial score (nSPS) is 10.6. The molecule has 0 aliphatic rings. The van der Waals surface area contributed by atoms with Gasteiger partial charge in [-0.2, -0.15) is 5.26 Å². The Morgan fingerprint density at radius 1 is 1.35 bits per heavy atom. The van der Waals surface area contributed by atoms with E-state index >= 15 is 0 Å². The van der Waals surface area contributed by atoms with Gasteiger partial charge in [-0.3, -0.25) is 0 Å². The fourth-order valence-electron chi connectivity index (χ4n) is 1.66. The molecule has 0 saturated heterocycles. The second kappa shape index (κ2) is 5.27. The van der Waals surface area contributed by atoms with Gasteiger partial charge in [0.15, 0.2) is 0 Å². The quantitative estimate of drug-likeness (QED) is 0.544. The molecule has 0 aliphatic heterocycles. The van der Waals surface area contributed by atoms with E-state index in [9.17, 15) is 4.39 Å². The summed E-state index contributed by atoms with van der Waals surface area (Å²) in [5, 5.41) is 9.49. The predicted octanol–water partition coefficient (Wildman–Crippen LogP) is 3.36. The molecule has 0 unspecified atom stereocenters. The Bertz CT molecular complexity index is 760. The van der Waals surface area contributed by atoms with Gasteiger partial charge in [0.05, 0.1) is 21.6 Å². The van der Waals surface area contributed by atoms with Gasteiger partial charge in [0.2, 0.25) is 0 Å². The Balaban J connectivity index is 1.82. The number of aromatic nitrogens is 2. The topological polar surface area (TPSA) is 67.9 Å². The van der Waals surface area contributed by atoms with Crippen LogP contribution in [0, 0.1) is 17.1 Å². The summed E-state index contributed by atoms with van der Waals surface area (Å²) in [6, 6.07) is 9.98. The molecule has 2 aromatic heterocycles. The minimum atomic E-state index is -0.342. The predicted molar refractivity (Wildman–Crippen MR) is 68.8 cm³/mol. The molecule has 5 nitrogen and oxygen atoms in total. The van der Waals surface area contributed by atoms with Crippen molar-refractivity contribution in [3.63, 3.8) is 0 Å². The van der Waals surface area contributed by atoms with Crippen molar-refractivity contribution in [2.75, 3.05) is 0 Å². The number of benzene rings is 1. The Morgan fingerprint density at radius 3 is 2.95 bits per heavy atom. The highest BCUT2D eigenvalue weighted by Gasteiger charge is 2.17. The van der Waals surface area contributed by atoms with Crippen LogP contribution in [0.25, 0.3) is 5.69 Å². The molecule has 0 spiro atoms. The maximum Gasteiger partial charge on any atom is 0.134 e. The number of nitrogens with zero attached hydrogens (tertiary/aromatic N) is 3. The van der Waals surface area contributed by atoms with Crippen molar-refractivity contribution in [3.8, 4) is 11.8 Å². The fourth-order valence-corrected chi connectivity index (χ4v) is 2.59. The standard InChI is InChI=1S/C13H8FN3O2S/c14-11-2-1-3-12(17-18-19-17)10(11)8-20-13-6-9(7-15)4-5-16-13/h1-6H,8H2. The van der Waals surface area contributed by atoms with Crippen molar-refractivity contribution < 1.29 is 13.8 Å². The lowest BCUT2D eigenvalue weighted by Gasteiger charge is -2.05. The molecule has 20 heavy (non-hydrogen) atoms. The molecule has 0 radical (unpaired) electrons. The second-order valence-electron chi connectivity index (χ2n) is 3.93. The van der Waals surface area contributed by atoms with Gasteiger partial charge >= 0.3 is 0 Å². The molecular formula is C13H8FN3O2S. The van der Waals surface area contributed by atoms with Crippen LogP contribution < -0.4 is 0 Å². The van der Waals surface area contributed by atoms with Gasteiger partial charge in [0.1, 0.15) is 11.5 Å². The van der Waals surface area contributed by atoms with E-state index in [1.807, 2.05) is 6.07 Å². The van der Waals surface area contributed by atoms with E-state index in [1.54, 1.807) is 30.5 Å². The highest BCUT2D eigenvalue weighted by atomic mass is 32.2. The van der Waals surface area contributed by atoms with Gasteiger partial charge in [-0.1, -0.05) is 6.07 Å². The van der Waals surface area contributed by atoms with Crippen LogP contribution in [0.1, 0.15) is 11.1 Å². The number of hydrogen-bond acceptors (Lipinski definition) is 5. The lowest BCUT2D eigenvalue weighted by molar-refractivity contribution is 0.264. The van der Waals surface area contributed by atoms with Crippen molar-refractivity contribution in [2.24, 2.45) is 0 Å². The van der Waals surface area contributed by atoms with E-state index < -0.39 is 0 Å². The Labute approximate surface area is 117 Å². The number of hydrogen-bond donors (Lipinski definition) is 0. The third-order valence-corrected chi connectivity index (χ3v) is 3.62. The third-order valence-electron chi connectivity index (χ3n) is 2.67. The van der Waals surface area contributed by atoms with Crippen molar-refractivity contribution in [2.45, 2.75) is 10.8 Å². The second-order valence-corrected chi connectivity index (χ2v) is 4.92. The molecular weight excluding hydrogens is 281 g/mol. The van der Waals surface area contributed by atoms with Crippen molar-refractivity contribution >= 4 is 11.8 Å². The van der Waals surface area contributed by atoms with Crippen LogP contribution in [0.4, 0.5) is 4.39 Å². The summed E-state index contributed by atoms with van der Waals surface area (Å²) in [5.74, 6) is 0.0122. The van der Waals surface area contributed by atoms with Crippen LogP contribution in [0.2, 0.25) is 0 Å². The van der Waals surface area contributed by atoms with E-state index in [0.29, 0.717) is 27.6 Å². The molecule has 1 aromatic carbocycles. The van der Waals surface area contributed by atoms with Gasteiger partial charge in [-0.05, 0) is 24.3 Å². The highest BCUT2D eigenvalue weighted by Crippen LogP contribution is 2.28. The van der Waals surface area contributed by atoms with E-state index in [1.165, 1.54) is 17.8 Å². The van der Waals surface area contributed by atoms with Crippen LogP contribution >= 0.6 is 11.8 Å². The van der Waals surface area contributed by atoms with Crippen LogP contribution in [0.15, 0.2) is 50.9 Å². The van der Waals surface area contributed by atoms with E-state index in [0.717, 1.165) is 4.91 Å². The summed E-state index contributed by atoms with van der Waals surface area (Å²) in [6.07, 6.45) is 1.56. The number of rotatable bonds is 4. The minimum absolute atomic E-state index is 0.342. The first-order valence-corrected chi connectivity index (χ1v) is 6.68. The lowest BCUT2D eigenvalue weighted by Crippen LogP contribution is -1.95. The summed E-state index contributed by atoms with van der Waals surface area (Å²) >= 11 is 1.34. The molecule has 0 fully saturated rings. The van der Waals surface area contributed by atoms with Gasteiger partial charge in [0.25, 0.3) is 0 Å². The van der Waals surface area contributed by atoms with E-state index in [2.05, 4.69) is 14.3 Å². The zero-order valence-electron chi connectivity index (χ0n) is 10.1. The number of pyridine rings is 1. The SMILES string of the molecule is N#Cc1ccnc(SCc2c(F)cccc2-n2oo2)c1. The molecule has 0 aliphatic carbocycles. The monoisotopic (exact) mass is 289 g/mol. The summed E-state index contributed by atoms with van der Waals surface area (Å²) in [7, 11) is 0. The largest absolute Gasteiger partial charge is 0.250 e. The van der Waals surface area contributed by atoms with Crippen LogP contribution in [0.5, 0.6) is 0 Å². The first-order valence-electron chi connectivity index (χ1n) is 5.69. The average Bonchev–Trinajstić information content (AvgIpc) is 3.30. The highest BCUT2D eigenvalue weighted by molar-refractivity contribution is 7.98. The summed E-state index contributed by atoms with van der Waals surface area (Å²) in [6.45, 7) is 0. The average molecular weight is 289 g/mol. The van der Waals surface area contributed by atoms with Crippen LogP contribution in [-0.2, 0) is 5.75 Å². The van der Waals surface area contributed by atoms with Gasteiger partial charge < -0.3 is 0 Å². The number of thioether (sulfide) groups is 1. The summed E-state index contributed by atoms with van der Waals surface area (Å²) in [5.41, 5.74) is 1.50. The Morgan fingerprint density at radius 2 is 2.20 bits per heavy atom. The molecule has 0 amide bonds. The summed E-state index contributed by atoms with van der Waals surface area (Å²) in [4.78, 5) is 5.27. The number of halogens is 1. The molecule has 100 valence electrons. The van der Waals surface area contributed by atoms with Gasteiger partial charge in [0, 0.05) is 17.5 Å². The Kier molecular flexibility index (Phi) is 3.31. The molecule has 3 rings (SSSR count). The molecule has 0 atom stereocenters. The maximum atomic E-state index is 13.9. The minimum Gasteiger partial charge on any atom is -0.250 e. The molecule has 0 bridgehead atoms. The summed E-state index contributed by atoms with van der Waals surface area (Å²) < 4.78 is 23.0. The fraction of sp³-hybridized carbons (Fsp3) is 0.0769. The van der Waals surface area contributed by atoms with E-state index in [-0.39, 0.29) is 5.82 Å². The third kappa shape index (κ3) is 2.60. The Hall–Kier alpha value is -2.46. The maximum absolute atomic E-state index is 13.9. The van der Waals surface area contributed by atoms with Crippen molar-refractivity contribution in [3.05, 3.63) is 53.5 Å². The molecule has 2 heterocycles. The first kappa shape index (κ1) is 12.6. The zero-order valence-corrected chi connectivity index (χ0v) is 10.9. The molecule has 0 N–H and O–H groups in total. The zero-order chi connectivity index (χ0) is 13.9. The molecule has 3 aromatic rings. The van der Waals surface area contributed by atoms with Crippen molar-refractivity contribution in [1.29, 1.82) is 5.26 Å². The van der Waals surface area contributed by atoms with Crippen molar-refractivity contribution in [1.82, 2.24) is 9.90 Å². The van der Waals surface area contributed by atoms with Gasteiger partial charge in [-0.25, -0.2) is 9.37 Å². The smallest absolute Gasteiger partial charge is 0.134 e. The number of nitriles is 1. The molecule has 0 saturated carbocycles. The van der Waals surface area contributed by atoms with Gasteiger partial charge in [-0.15, -0.1) is 21.1 Å². The first-order chi connectivity index (χ1) is 9.78. The van der Waals surface area contributed by atoms with Crippen LogP contribution in [0.3, 0.4) is 0 Å². The van der Waals surface area contributed by atoms with E-state index in [4.69, 9.17) is 5.26 Å². The van der Waals surface area contributed by atoms with Crippen LogP contribution in [-0.4, -0.2) is 9.90 Å². The molecule has 7 heteroatoms. The lowest BCUT2D eigenvalue weighted by atomic mass is 10.2.